The molecule has 3 N–H and O–H groups in total. The highest BCUT2D eigenvalue weighted by Gasteiger charge is 2.30. The number of rotatable bonds is 4. The summed E-state index contributed by atoms with van der Waals surface area (Å²) in [4.78, 5) is 16.5. The van der Waals surface area contributed by atoms with Crippen molar-refractivity contribution in [3.8, 4) is 11.6 Å². The van der Waals surface area contributed by atoms with E-state index in [0.717, 1.165) is 24.3 Å². The van der Waals surface area contributed by atoms with Gasteiger partial charge in [0.25, 0.3) is 5.91 Å². The van der Waals surface area contributed by atoms with Crippen LogP contribution in [0, 0.1) is 0 Å². The number of aromatic nitrogens is 3. The Kier molecular flexibility index (Phi) is 4.74. The van der Waals surface area contributed by atoms with Crippen molar-refractivity contribution >= 4 is 23.1 Å². The van der Waals surface area contributed by atoms with Crippen LogP contribution in [0.1, 0.15) is 15.9 Å². The predicted molar refractivity (Wildman–Crippen MR) is 103 cm³/mol. The summed E-state index contributed by atoms with van der Waals surface area (Å²) in [6, 6.07) is 14.0. The second-order valence-corrected chi connectivity index (χ2v) is 6.30. The number of imidazole rings is 1. The van der Waals surface area contributed by atoms with E-state index in [4.69, 9.17) is 10.5 Å². The molecule has 152 valence electrons. The molecule has 0 aliphatic carbocycles. The molecular formula is C20H14F3N5O2. The fourth-order valence-corrected chi connectivity index (χ4v) is 2.68. The molecule has 4 aromatic rings. The van der Waals surface area contributed by atoms with Crippen molar-refractivity contribution in [2.75, 3.05) is 11.1 Å². The largest absolute Gasteiger partial charge is 0.438 e. The zero-order chi connectivity index (χ0) is 21.3. The number of amides is 1. The van der Waals surface area contributed by atoms with Gasteiger partial charge in [0.1, 0.15) is 5.75 Å². The summed E-state index contributed by atoms with van der Waals surface area (Å²) in [5.74, 6) is 0.390. The number of carbonyl (C=O) groups excluding carboxylic acids is 1. The minimum atomic E-state index is -4.46. The van der Waals surface area contributed by atoms with Crippen molar-refractivity contribution in [1.29, 1.82) is 0 Å². The Morgan fingerprint density at radius 1 is 1.07 bits per heavy atom. The topological polar surface area (TPSA) is 94.5 Å². The SMILES string of the molecule is Nc1cccc(Oc2ccc3nc(NC(=O)c4ccc(C(F)(F)F)cc4)cn3n2)c1. The maximum absolute atomic E-state index is 12.6. The summed E-state index contributed by atoms with van der Waals surface area (Å²) >= 11 is 0. The molecule has 0 unspecified atom stereocenters. The fourth-order valence-electron chi connectivity index (χ4n) is 2.68. The zero-order valence-electron chi connectivity index (χ0n) is 15.2. The summed E-state index contributed by atoms with van der Waals surface area (Å²) in [6.45, 7) is 0. The average Bonchev–Trinajstić information content (AvgIpc) is 3.09. The standard InChI is InChI=1S/C20H14F3N5O2/c21-20(22,23)13-6-4-12(5-7-13)19(29)26-16-11-28-17(25-16)8-9-18(27-28)30-15-3-1-2-14(24)10-15/h1-11H,24H2,(H,26,29). The summed E-state index contributed by atoms with van der Waals surface area (Å²) in [5.41, 5.74) is 5.94. The molecule has 0 saturated heterocycles. The Labute approximate surface area is 167 Å². The molecule has 10 heteroatoms. The Balaban J connectivity index is 1.50. The van der Waals surface area contributed by atoms with E-state index in [2.05, 4.69) is 15.4 Å². The van der Waals surface area contributed by atoms with Crippen LogP contribution in [-0.2, 0) is 6.18 Å². The first-order valence-electron chi connectivity index (χ1n) is 8.66. The van der Waals surface area contributed by atoms with Crippen LogP contribution in [0.2, 0.25) is 0 Å². The van der Waals surface area contributed by atoms with Crippen molar-refractivity contribution in [3.05, 3.63) is 78.0 Å². The van der Waals surface area contributed by atoms with Crippen molar-refractivity contribution in [3.63, 3.8) is 0 Å². The van der Waals surface area contributed by atoms with Gasteiger partial charge in [0.2, 0.25) is 5.88 Å². The second kappa shape index (κ2) is 7.39. The monoisotopic (exact) mass is 413 g/mol. The number of nitrogens with zero attached hydrogens (tertiary/aromatic N) is 3. The van der Waals surface area contributed by atoms with Crippen LogP contribution in [0.15, 0.2) is 66.9 Å². The highest BCUT2D eigenvalue weighted by molar-refractivity contribution is 6.03. The van der Waals surface area contributed by atoms with Crippen molar-refractivity contribution < 1.29 is 22.7 Å². The molecule has 1 amide bonds. The maximum atomic E-state index is 12.6. The molecule has 0 aliphatic rings. The van der Waals surface area contributed by atoms with Gasteiger partial charge in [-0.25, -0.2) is 9.50 Å². The number of hydrogen-bond acceptors (Lipinski definition) is 5. The van der Waals surface area contributed by atoms with Gasteiger partial charge >= 0.3 is 6.18 Å². The van der Waals surface area contributed by atoms with E-state index >= 15 is 0 Å². The third-order valence-corrected chi connectivity index (χ3v) is 4.09. The third kappa shape index (κ3) is 4.17. The molecular weight excluding hydrogens is 399 g/mol. The minimum Gasteiger partial charge on any atom is -0.438 e. The van der Waals surface area contributed by atoms with Crippen LogP contribution in [0.3, 0.4) is 0 Å². The van der Waals surface area contributed by atoms with Crippen LogP contribution >= 0.6 is 0 Å². The van der Waals surface area contributed by atoms with E-state index < -0.39 is 17.6 Å². The fraction of sp³-hybridized carbons (Fsp3) is 0.0500. The van der Waals surface area contributed by atoms with Crippen LogP contribution in [-0.4, -0.2) is 20.5 Å². The minimum absolute atomic E-state index is 0.0682. The zero-order valence-corrected chi connectivity index (χ0v) is 15.2. The number of nitrogens with two attached hydrogens (primary N) is 1. The Bertz CT molecular complexity index is 1220. The van der Waals surface area contributed by atoms with Crippen molar-refractivity contribution in [2.45, 2.75) is 6.18 Å². The number of hydrogen-bond donors (Lipinski definition) is 2. The molecule has 0 bridgehead atoms. The van der Waals surface area contributed by atoms with Gasteiger partial charge < -0.3 is 15.8 Å². The molecule has 2 heterocycles. The Morgan fingerprint density at radius 2 is 1.83 bits per heavy atom. The van der Waals surface area contributed by atoms with Crippen molar-refractivity contribution in [1.82, 2.24) is 14.6 Å². The number of ether oxygens (including phenoxy) is 1. The molecule has 2 aromatic carbocycles. The summed E-state index contributed by atoms with van der Waals surface area (Å²) < 4.78 is 45.0. The molecule has 0 saturated carbocycles. The predicted octanol–water partition coefficient (Wildman–Crippen LogP) is 4.37. The molecule has 30 heavy (non-hydrogen) atoms. The van der Waals surface area contributed by atoms with Gasteiger partial charge in [-0.05, 0) is 42.5 Å². The highest BCUT2D eigenvalue weighted by atomic mass is 19.4. The van der Waals surface area contributed by atoms with Gasteiger partial charge in [-0.1, -0.05) is 6.07 Å². The van der Waals surface area contributed by atoms with Crippen molar-refractivity contribution in [2.24, 2.45) is 0 Å². The first-order valence-corrected chi connectivity index (χ1v) is 8.66. The lowest BCUT2D eigenvalue weighted by Gasteiger charge is -2.07. The smallest absolute Gasteiger partial charge is 0.416 e. The Morgan fingerprint density at radius 3 is 2.53 bits per heavy atom. The second-order valence-electron chi connectivity index (χ2n) is 6.30. The average molecular weight is 413 g/mol. The lowest BCUT2D eigenvalue weighted by molar-refractivity contribution is -0.137. The molecule has 0 radical (unpaired) electrons. The number of fused-ring (bicyclic) bond motifs is 1. The number of carbonyl (C=O) groups is 1. The van der Waals surface area contributed by atoms with E-state index in [1.165, 1.54) is 10.7 Å². The number of halogens is 3. The van der Waals surface area contributed by atoms with Crippen LogP contribution in [0.25, 0.3) is 5.65 Å². The first kappa shape index (κ1) is 19.2. The summed E-state index contributed by atoms with van der Waals surface area (Å²) in [7, 11) is 0. The number of nitrogens with one attached hydrogen (secondary N) is 1. The normalized spacial score (nSPS) is 11.4. The molecule has 0 aliphatic heterocycles. The molecule has 0 spiro atoms. The molecule has 0 fully saturated rings. The van der Waals surface area contributed by atoms with E-state index in [-0.39, 0.29) is 17.3 Å². The van der Waals surface area contributed by atoms with E-state index in [1.54, 1.807) is 36.4 Å². The molecule has 2 aromatic heterocycles. The van der Waals surface area contributed by atoms with Gasteiger partial charge in [0.05, 0.1) is 11.8 Å². The first-order chi connectivity index (χ1) is 14.3. The van der Waals surface area contributed by atoms with Crippen LogP contribution in [0.5, 0.6) is 11.6 Å². The van der Waals surface area contributed by atoms with E-state index in [0.29, 0.717) is 17.1 Å². The van der Waals surface area contributed by atoms with Gasteiger partial charge in [0.15, 0.2) is 11.5 Å². The molecule has 0 atom stereocenters. The number of benzene rings is 2. The van der Waals surface area contributed by atoms with Gasteiger partial charge in [0, 0.05) is 23.4 Å². The summed E-state index contributed by atoms with van der Waals surface area (Å²) in [6.07, 6.45) is -3.00. The lowest BCUT2D eigenvalue weighted by atomic mass is 10.1. The van der Waals surface area contributed by atoms with E-state index in [1.807, 2.05) is 0 Å². The molecule has 4 rings (SSSR count). The maximum Gasteiger partial charge on any atom is 0.416 e. The van der Waals surface area contributed by atoms with Crippen LogP contribution in [0.4, 0.5) is 24.7 Å². The number of anilines is 2. The lowest BCUT2D eigenvalue weighted by Crippen LogP contribution is -2.13. The number of nitrogen functional groups attached to an aromatic ring is 1. The quantitative estimate of drug-likeness (QED) is 0.485. The Hall–Kier alpha value is -4.08. The highest BCUT2D eigenvalue weighted by Crippen LogP contribution is 2.29. The van der Waals surface area contributed by atoms with E-state index in [9.17, 15) is 18.0 Å². The van der Waals surface area contributed by atoms with Crippen LogP contribution < -0.4 is 15.8 Å². The third-order valence-electron chi connectivity index (χ3n) is 4.09. The van der Waals surface area contributed by atoms with Gasteiger partial charge in [-0.15, -0.1) is 5.10 Å². The number of alkyl halides is 3. The molecule has 7 nitrogen and oxygen atoms in total. The summed E-state index contributed by atoms with van der Waals surface area (Å²) in [5, 5.41) is 6.79. The van der Waals surface area contributed by atoms with Gasteiger partial charge in [-0.3, -0.25) is 4.79 Å². The van der Waals surface area contributed by atoms with Gasteiger partial charge in [-0.2, -0.15) is 13.2 Å².